The highest BCUT2D eigenvalue weighted by Gasteiger charge is 2.25. The van der Waals surface area contributed by atoms with E-state index in [0.717, 1.165) is 0 Å². The number of fused-ring (bicyclic) bond motifs is 1. The van der Waals surface area contributed by atoms with Crippen molar-refractivity contribution >= 4 is 16.6 Å². The molecule has 0 radical (unpaired) electrons. The van der Waals surface area contributed by atoms with Crippen LogP contribution in [0.3, 0.4) is 0 Å². The molecule has 0 amide bonds. The first-order valence-electron chi connectivity index (χ1n) is 6.62. The zero-order chi connectivity index (χ0) is 15.7. The van der Waals surface area contributed by atoms with Crippen LogP contribution in [-0.2, 0) is 0 Å². The van der Waals surface area contributed by atoms with Gasteiger partial charge in [-0.25, -0.2) is 4.79 Å². The molecule has 0 N–H and O–H groups in total. The maximum Gasteiger partial charge on any atom is 0.397 e. The second-order valence-electron chi connectivity index (χ2n) is 4.96. The van der Waals surface area contributed by atoms with Crippen LogP contribution in [0.2, 0.25) is 0 Å². The molecular formula is C14H16N2O5. The maximum absolute atomic E-state index is 12.1. The normalized spacial score (nSPS) is 11.1. The summed E-state index contributed by atoms with van der Waals surface area (Å²) >= 11 is 0. The van der Waals surface area contributed by atoms with Crippen LogP contribution in [0.5, 0.6) is 6.08 Å². The van der Waals surface area contributed by atoms with Crippen molar-refractivity contribution in [1.82, 2.24) is 4.98 Å². The monoisotopic (exact) mass is 292 g/mol. The van der Waals surface area contributed by atoms with Gasteiger partial charge in [0.25, 0.3) is 5.69 Å². The van der Waals surface area contributed by atoms with Gasteiger partial charge in [0.1, 0.15) is 0 Å². The summed E-state index contributed by atoms with van der Waals surface area (Å²) < 4.78 is 10.1. The van der Waals surface area contributed by atoms with Crippen LogP contribution in [0.1, 0.15) is 37.8 Å². The molecular weight excluding hydrogens is 276 g/mol. The van der Waals surface area contributed by atoms with E-state index in [1.807, 2.05) is 13.8 Å². The van der Waals surface area contributed by atoms with E-state index < -0.39 is 10.5 Å². The molecule has 0 fully saturated rings. The van der Waals surface area contributed by atoms with E-state index >= 15 is 0 Å². The lowest BCUT2D eigenvalue weighted by atomic mass is 9.95. The lowest BCUT2D eigenvalue weighted by Gasteiger charge is -2.11. The molecule has 0 aliphatic carbocycles. The molecule has 7 nitrogen and oxygen atoms in total. The quantitative estimate of drug-likeness (QED) is 0.635. The highest BCUT2D eigenvalue weighted by molar-refractivity contribution is 5.88. The van der Waals surface area contributed by atoms with Gasteiger partial charge >= 0.3 is 11.7 Å². The average Bonchev–Trinajstić information content (AvgIpc) is 2.37. The Hall–Kier alpha value is -2.44. The van der Waals surface area contributed by atoms with Crippen LogP contribution in [0.15, 0.2) is 15.3 Å². The fraction of sp³-hybridized carbons (Fsp3) is 0.429. The van der Waals surface area contributed by atoms with Gasteiger partial charge in [0.2, 0.25) is 0 Å². The minimum absolute atomic E-state index is 0.0458. The Morgan fingerprint density at radius 3 is 2.67 bits per heavy atom. The third-order valence-electron chi connectivity index (χ3n) is 3.14. The number of aromatic nitrogens is 1. The summed E-state index contributed by atoms with van der Waals surface area (Å²) in [5.41, 5.74) is 0.504. The first-order valence-corrected chi connectivity index (χ1v) is 6.62. The van der Waals surface area contributed by atoms with Crippen molar-refractivity contribution in [3.8, 4) is 6.08 Å². The first kappa shape index (κ1) is 15.0. The van der Waals surface area contributed by atoms with Crippen LogP contribution in [0.4, 0.5) is 5.69 Å². The number of nitro benzene ring substituents is 1. The van der Waals surface area contributed by atoms with E-state index in [-0.39, 0.29) is 35.2 Å². The summed E-state index contributed by atoms with van der Waals surface area (Å²) in [5.74, 6) is -0.169. The van der Waals surface area contributed by atoms with Gasteiger partial charge in [-0.05, 0) is 25.3 Å². The Labute approximate surface area is 120 Å². The predicted molar refractivity (Wildman–Crippen MR) is 76.9 cm³/mol. The molecule has 7 heteroatoms. The van der Waals surface area contributed by atoms with E-state index in [2.05, 4.69) is 4.98 Å². The van der Waals surface area contributed by atoms with E-state index in [9.17, 15) is 14.9 Å². The Morgan fingerprint density at radius 1 is 1.48 bits per heavy atom. The molecule has 112 valence electrons. The highest BCUT2D eigenvalue weighted by atomic mass is 16.6. The van der Waals surface area contributed by atoms with Crippen molar-refractivity contribution in [1.29, 1.82) is 0 Å². The van der Waals surface area contributed by atoms with Gasteiger partial charge in [0.15, 0.2) is 0 Å². The third-order valence-corrected chi connectivity index (χ3v) is 3.14. The molecule has 21 heavy (non-hydrogen) atoms. The molecule has 0 saturated carbocycles. The average molecular weight is 292 g/mol. The van der Waals surface area contributed by atoms with E-state index in [4.69, 9.17) is 9.15 Å². The summed E-state index contributed by atoms with van der Waals surface area (Å²) in [7, 11) is 0. The minimum Gasteiger partial charge on any atom is -0.450 e. The number of rotatable bonds is 4. The second kappa shape index (κ2) is 5.51. The molecule has 0 atom stereocenters. The van der Waals surface area contributed by atoms with Gasteiger partial charge in [-0.2, -0.15) is 4.98 Å². The lowest BCUT2D eigenvalue weighted by molar-refractivity contribution is -0.385. The number of ether oxygens (including phenoxy) is 1. The standard InChI is InChI=1S/C14H16N2O5/c1-5-20-14-15-12-10(7(2)3)9(16(18)19)6-8(4)11(12)13(17)21-14/h6-7H,5H2,1-4H3. The summed E-state index contributed by atoms with van der Waals surface area (Å²) in [6.07, 6.45) is -0.170. The van der Waals surface area contributed by atoms with Crippen LogP contribution in [0, 0.1) is 17.0 Å². The van der Waals surface area contributed by atoms with Gasteiger partial charge in [-0.3, -0.25) is 10.1 Å². The number of benzene rings is 1. The molecule has 2 aromatic rings. The van der Waals surface area contributed by atoms with Gasteiger partial charge in [-0.1, -0.05) is 13.8 Å². The van der Waals surface area contributed by atoms with E-state index in [1.54, 1.807) is 13.8 Å². The van der Waals surface area contributed by atoms with E-state index in [0.29, 0.717) is 11.1 Å². The molecule has 1 aromatic heterocycles. The molecule has 1 aromatic carbocycles. The van der Waals surface area contributed by atoms with E-state index in [1.165, 1.54) is 6.07 Å². The topological polar surface area (TPSA) is 95.5 Å². The number of nitro groups is 1. The second-order valence-corrected chi connectivity index (χ2v) is 4.96. The molecule has 0 bridgehead atoms. The molecule has 0 spiro atoms. The number of hydrogen-bond acceptors (Lipinski definition) is 6. The van der Waals surface area contributed by atoms with Crippen molar-refractivity contribution in [2.75, 3.05) is 6.61 Å². The molecule has 0 saturated heterocycles. The fourth-order valence-electron chi connectivity index (χ4n) is 2.32. The first-order chi connectivity index (χ1) is 9.86. The largest absolute Gasteiger partial charge is 0.450 e. The number of nitrogens with zero attached hydrogens (tertiary/aromatic N) is 2. The molecule has 0 unspecified atom stereocenters. The van der Waals surface area contributed by atoms with Gasteiger partial charge in [0, 0.05) is 6.07 Å². The van der Waals surface area contributed by atoms with Gasteiger partial charge in [-0.15, -0.1) is 0 Å². The molecule has 2 rings (SSSR count). The van der Waals surface area contributed by atoms with Crippen LogP contribution in [0.25, 0.3) is 10.9 Å². The Morgan fingerprint density at radius 2 is 2.14 bits per heavy atom. The lowest BCUT2D eigenvalue weighted by Crippen LogP contribution is -2.10. The Bertz CT molecular complexity index is 764. The molecule has 0 aliphatic heterocycles. The molecule has 0 aliphatic rings. The van der Waals surface area contributed by atoms with Crippen LogP contribution in [-0.4, -0.2) is 16.5 Å². The van der Waals surface area contributed by atoms with Gasteiger partial charge in [0.05, 0.1) is 28.0 Å². The maximum atomic E-state index is 12.1. The third kappa shape index (κ3) is 2.58. The summed E-state index contributed by atoms with van der Waals surface area (Å²) in [5, 5.41) is 11.5. The van der Waals surface area contributed by atoms with Crippen molar-refractivity contribution in [3.05, 3.63) is 37.7 Å². The van der Waals surface area contributed by atoms with Crippen LogP contribution < -0.4 is 10.4 Å². The molecule has 1 heterocycles. The van der Waals surface area contributed by atoms with Crippen molar-refractivity contribution < 1.29 is 14.1 Å². The summed E-state index contributed by atoms with van der Waals surface area (Å²) in [6.45, 7) is 7.26. The smallest absolute Gasteiger partial charge is 0.397 e. The fourth-order valence-corrected chi connectivity index (χ4v) is 2.32. The van der Waals surface area contributed by atoms with Gasteiger partial charge < -0.3 is 9.15 Å². The minimum atomic E-state index is -0.599. The summed E-state index contributed by atoms with van der Waals surface area (Å²) in [4.78, 5) is 27.1. The number of aryl methyl sites for hydroxylation is 1. The Balaban J connectivity index is 2.96. The van der Waals surface area contributed by atoms with Crippen molar-refractivity contribution in [3.63, 3.8) is 0 Å². The predicted octanol–water partition coefficient (Wildman–Crippen LogP) is 2.93. The number of hydrogen-bond donors (Lipinski definition) is 0. The highest BCUT2D eigenvalue weighted by Crippen LogP contribution is 2.34. The van der Waals surface area contributed by atoms with Crippen molar-refractivity contribution in [2.45, 2.75) is 33.6 Å². The zero-order valence-electron chi connectivity index (χ0n) is 12.3. The zero-order valence-corrected chi connectivity index (χ0v) is 12.3. The Kier molecular flexibility index (Phi) is 3.93. The van der Waals surface area contributed by atoms with Crippen molar-refractivity contribution in [2.24, 2.45) is 0 Å². The SMILES string of the molecule is CCOc1nc2c(C(C)C)c([N+](=O)[O-])cc(C)c2c(=O)o1. The van der Waals surface area contributed by atoms with Crippen LogP contribution >= 0.6 is 0 Å². The summed E-state index contributed by atoms with van der Waals surface area (Å²) in [6, 6.07) is 1.39.